The molecule has 178 valence electrons. The first kappa shape index (κ1) is 23.3. The molecule has 1 aliphatic rings. The number of anilines is 3. The van der Waals surface area contributed by atoms with Crippen LogP contribution < -0.4 is 20.9 Å². The summed E-state index contributed by atoms with van der Waals surface area (Å²) in [6.07, 6.45) is 3.50. The van der Waals surface area contributed by atoms with E-state index in [1.165, 1.54) is 7.11 Å². The molecule has 3 aromatic rings. The quantitative estimate of drug-likeness (QED) is 0.475. The van der Waals surface area contributed by atoms with Crippen LogP contribution in [0.2, 0.25) is 0 Å². The predicted molar refractivity (Wildman–Crippen MR) is 133 cm³/mol. The molecular formula is C25H30N6O3. The molecule has 0 aliphatic heterocycles. The first-order chi connectivity index (χ1) is 16.4. The van der Waals surface area contributed by atoms with Crippen molar-refractivity contribution in [3.8, 4) is 0 Å². The van der Waals surface area contributed by atoms with E-state index in [1.54, 1.807) is 24.3 Å². The van der Waals surface area contributed by atoms with Crippen LogP contribution in [-0.2, 0) is 4.74 Å². The van der Waals surface area contributed by atoms with Crippen molar-refractivity contribution in [1.29, 1.82) is 0 Å². The molecule has 2 amide bonds. The summed E-state index contributed by atoms with van der Waals surface area (Å²) in [7, 11) is 5.28. The van der Waals surface area contributed by atoms with Crippen LogP contribution in [0.25, 0.3) is 10.9 Å². The van der Waals surface area contributed by atoms with Crippen molar-refractivity contribution >= 4 is 40.4 Å². The number of amides is 2. The summed E-state index contributed by atoms with van der Waals surface area (Å²) >= 11 is 0. The van der Waals surface area contributed by atoms with Gasteiger partial charge < -0.3 is 25.6 Å². The Labute approximate surface area is 198 Å². The third-order valence-corrected chi connectivity index (χ3v) is 5.94. The lowest BCUT2D eigenvalue weighted by Crippen LogP contribution is -2.42. The van der Waals surface area contributed by atoms with Crippen LogP contribution in [0.4, 0.5) is 22.2 Å². The molecule has 9 nitrogen and oxygen atoms in total. The topological polar surface area (TPSA) is 108 Å². The molecule has 0 radical (unpaired) electrons. The number of ether oxygens (including phenoxy) is 1. The SMILES string of the molecule is COC(=O)c1cccc(NC(=O)N[C@H]2CC[C@@H](Nc3nc(N(C)C)c4ccccc4n3)CC2)c1. The Balaban J connectivity index is 1.31. The van der Waals surface area contributed by atoms with Gasteiger partial charge in [0.05, 0.1) is 18.2 Å². The van der Waals surface area contributed by atoms with E-state index in [2.05, 4.69) is 16.0 Å². The van der Waals surface area contributed by atoms with Gasteiger partial charge in [-0.05, 0) is 56.0 Å². The Hall–Kier alpha value is -3.88. The number of nitrogens with zero attached hydrogens (tertiary/aromatic N) is 3. The average molecular weight is 463 g/mol. The number of rotatable bonds is 6. The minimum Gasteiger partial charge on any atom is -0.465 e. The number of fused-ring (bicyclic) bond motifs is 1. The van der Waals surface area contributed by atoms with Gasteiger partial charge in [0, 0.05) is 37.3 Å². The molecular weight excluding hydrogens is 432 g/mol. The van der Waals surface area contributed by atoms with Crippen LogP contribution in [-0.4, -0.2) is 55.3 Å². The fraction of sp³-hybridized carbons (Fsp3) is 0.360. The van der Waals surface area contributed by atoms with E-state index in [4.69, 9.17) is 14.7 Å². The highest BCUT2D eigenvalue weighted by Crippen LogP contribution is 2.26. The number of para-hydroxylation sites is 1. The van der Waals surface area contributed by atoms with Gasteiger partial charge in [-0.25, -0.2) is 14.6 Å². The Morgan fingerprint density at radius 3 is 2.44 bits per heavy atom. The summed E-state index contributed by atoms with van der Waals surface area (Å²) in [5.74, 6) is 1.07. The van der Waals surface area contributed by atoms with Gasteiger partial charge in [0.25, 0.3) is 0 Å². The van der Waals surface area contributed by atoms with Crippen LogP contribution in [0.3, 0.4) is 0 Å². The summed E-state index contributed by atoms with van der Waals surface area (Å²) in [5, 5.41) is 10.3. The van der Waals surface area contributed by atoms with Crippen LogP contribution in [0.15, 0.2) is 48.5 Å². The van der Waals surface area contributed by atoms with Crippen molar-refractivity contribution in [1.82, 2.24) is 15.3 Å². The number of methoxy groups -OCH3 is 1. The number of benzene rings is 2. The molecule has 1 aromatic heterocycles. The van der Waals surface area contributed by atoms with Gasteiger partial charge in [-0.15, -0.1) is 0 Å². The number of nitrogens with one attached hydrogen (secondary N) is 3. The third-order valence-electron chi connectivity index (χ3n) is 5.94. The maximum Gasteiger partial charge on any atom is 0.337 e. The fourth-order valence-corrected chi connectivity index (χ4v) is 4.22. The average Bonchev–Trinajstić information content (AvgIpc) is 2.84. The summed E-state index contributed by atoms with van der Waals surface area (Å²) in [6, 6.07) is 14.7. The minimum absolute atomic E-state index is 0.0803. The molecule has 9 heteroatoms. The van der Waals surface area contributed by atoms with E-state index < -0.39 is 5.97 Å². The Bertz CT molecular complexity index is 1170. The number of urea groups is 1. The second kappa shape index (κ2) is 10.4. The normalized spacial score (nSPS) is 17.6. The third kappa shape index (κ3) is 5.54. The summed E-state index contributed by atoms with van der Waals surface area (Å²) in [5.41, 5.74) is 1.84. The van der Waals surface area contributed by atoms with Gasteiger partial charge in [0.2, 0.25) is 5.95 Å². The molecule has 3 N–H and O–H groups in total. The Morgan fingerprint density at radius 1 is 0.971 bits per heavy atom. The van der Waals surface area contributed by atoms with Crippen molar-refractivity contribution < 1.29 is 14.3 Å². The smallest absolute Gasteiger partial charge is 0.337 e. The van der Waals surface area contributed by atoms with Gasteiger partial charge in [-0.2, -0.15) is 4.98 Å². The Kier molecular flexibility index (Phi) is 7.10. The zero-order valence-electron chi connectivity index (χ0n) is 19.7. The van der Waals surface area contributed by atoms with E-state index >= 15 is 0 Å². The second-order valence-electron chi connectivity index (χ2n) is 8.65. The maximum absolute atomic E-state index is 12.5. The lowest BCUT2D eigenvalue weighted by Gasteiger charge is -2.30. The predicted octanol–water partition coefficient (Wildman–Crippen LogP) is 4.03. The molecule has 0 spiro atoms. The van der Waals surface area contributed by atoms with Crippen molar-refractivity contribution in [3.05, 3.63) is 54.1 Å². The zero-order chi connectivity index (χ0) is 24.1. The van der Waals surface area contributed by atoms with Crippen LogP contribution in [0.5, 0.6) is 0 Å². The molecule has 2 aromatic carbocycles. The molecule has 1 heterocycles. The van der Waals surface area contributed by atoms with Crippen LogP contribution >= 0.6 is 0 Å². The van der Waals surface area contributed by atoms with E-state index in [0.29, 0.717) is 17.2 Å². The molecule has 1 aliphatic carbocycles. The lowest BCUT2D eigenvalue weighted by molar-refractivity contribution is 0.0600. The van der Waals surface area contributed by atoms with E-state index in [1.807, 2.05) is 43.3 Å². The summed E-state index contributed by atoms with van der Waals surface area (Å²) in [4.78, 5) is 35.5. The number of hydrogen-bond acceptors (Lipinski definition) is 7. The lowest BCUT2D eigenvalue weighted by atomic mass is 9.91. The van der Waals surface area contributed by atoms with Gasteiger partial charge in [0.15, 0.2) is 0 Å². The van der Waals surface area contributed by atoms with Crippen molar-refractivity contribution in [2.75, 3.05) is 36.7 Å². The fourth-order valence-electron chi connectivity index (χ4n) is 4.22. The highest BCUT2D eigenvalue weighted by Gasteiger charge is 2.23. The number of carbonyl (C=O) groups excluding carboxylic acids is 2. The largest absolute Gasteiger partial charge is 0.465 e. The van der Waals surface area contributed by atoms with Gasteiger partial charge in [-0.3, -0.25) is 0 Å². The van der Waals surface area contributed by atoms with Crippen molar-refractivity contribution in [2.45, 2.75) is 37.8 Å². The Morgan fingerprint density at radius 2 is 1.71 bits per heavy atom. The molecule has 4 rings (SSSR count). The first-order valence-corrected chi connectivity index (χ1v) is 11.4. The standard InChI is InChI=1S/C25H30N6O3/c1-31(2)22-20-9-4-5-10-21(20)29-24(30-22)26-17-11-13-18(14-12-17)27-25(33)28-19-8-6-7-16(15-19)23(32)34-3/h4-10,15,17-18H,11-14H2,1-3H3,(H,26,29,30)(H2,27,28,33)/t17-,18+. The maximum atomic E-state index is 12.5. The van der Waals surface area contributed by atoms with E-state index in [-0.39, 0.29) is 18.1 Å². The highest BCUT2D eigenvalue weighted by atomic mass is 16.5. The van der Waals surface area contributed by atoms with Crippen LogP contribution in [0, 0.1) is 0 Å². The molecule has 0 bridgehead atoms. The van der Waals surface area contributed by atoms with Gasteiger partial charge >= 0.3 is 12.0 Å². The van der Waals surface area contributed by atoms with E-state index in [0.717, 1.165) is 42.4 Å². The summed E-state index contributed by atoms with van der Waals surface area (Å²) < 4.78 is 4.73. The first-order valence-electron chi connectivity index (χ1n) is 11.4. The monoisotopic (exact) mass is 462 g/mol. The molecule has 0 saturated heterocycles. The van der Waals surface area contributed by atoms with Gasteiger partial charge in [-0.1, -0.05) is 18.2 Å². The number of hydrogen-bond donors (Lipinski definition) is 3. The van der Waals surface area contributed by atoms with Crippen molar-refractivity contribution in [3.63, 3.8) is 0 Å². The number of esters is 1. The second-order valence-corrected chi connectivity index (χ2v) is 8.65. The molecule has 34 heavy (non-hydrogen) atoms. The molecule has 0 atom stereocenters. The number of aromatic nitrogens is 2. The number of carbonyl (C=O) groups is 2. The molecule has 0 unspecified atom stereocenters. The highest BCUT2D eigenvalue weighted by molar-refractivity contribution is 5.94. The zero-order valence-corrected chi connectivity index (χ0v) is 19.7. The van der Waals surface area contributed by atoms with E-state index in [9.17, 15) is 9.59 Å². The molecule has 1 saturated carbocycles. The van der Waals surface area contributed by atoms with Gasteiger partial charge in [0.1, 0.15) is 5.82 Å². The van der Waals surface area contributed by atoms with Crippen LogP contribution in [0.1, 0.15) is 36.0 Å². The minimum atomic E-state index is -0.442. The summed E-state index contributed by atoms with van der Waals surface area (Å²) in [6.45, 7) is 0. The molecule has 1 fully saturated rings. The van der Waals surface area contributed by atoms with Crippen molar-refractivity contribution in [2.24, 2.45) is 0 Å².